The summed E-state index contributed by atoms with van der Waals surface area (Å²) in [6.07, 6.45) is 3.98. The first kappa shape index (κ1) is 11.4. The van der Waals surface area contributed by atoms with Crippen LogP contribution >= 0.6 is 0 Å². The molecule has 0 aliphatic carbocycles. The van der Waals surface area contributed by atoms with E-state index in [1.54, 1.807) is 12.1 Å². The Morgan fingerprint density at radius 2 is 2.56 bits per heavy atom. The Kier molecular flexibility index (Phi) is 3.74. The van der Waals surface area contributed by atoms with E-state index in [9.17, 15) is 4.79 Å². The molecular weight excluding hydrogens is 204 g/mol. The van der Waals surface area contributed by atoms with Crippen molar-refractivity contribution in [2.24, 2.45) is 0 Å². The van der Waals surface area contributed by atoms with Crippen LogP contribution in [0.5, 0.6) is 0 Å². The van der Waals surface area contributed by atoms with Gasteiger partial charge in [-0.2, -0.15) is 0 Å². The number of hydrogen-bond donors (Lipinski definition) is 1. The number of hydrogen-bond acceptors (Lipinski definition) is 4. The molecular formula is C12H18N2O2. The molecule has 4 nitrogen and oxygen atoms in total. The van der Waals surface area contributed by atoms with Gasteiger partial charge in [-0.05, 0) is 38.6 Å². The van der Waals surface area contributed by atoms with Gasteiger partial charge in [0.05, 0.1) is 12.8 Å². The van der Waals surface area contributed by atoms with E-state index in [4.69, 9.17) is 4.42 Å². The topological polar surface area (TPSA) is 45.5 Å². The molecule has 1 aromatic heterocycles. The number of carbonyl (C=O) groups excluding carboxylic acids is 1. The summed E-state index contributed by atoms with van der Waals surface area (Å²) in [5.41, 5.74) is 0. The molecule has 1 fully saturated rings. The van der Waals surface area contributed by atoms with Gasteiger partial charge in [-0.1, -0.05) is 0 Å². The molecule has 2 rings (SSSR count). The Morgan fingerprint density at radius 3 is 3.19 bits per heavy atom. The maximum atomic E-state index is 11.7. The van der Waals surface area contributed by atoms with Gasteiger partial charge in [0.2, 0.25) is 5.78 Å². The monoisotopic (exact) mass is 222 g/mol. The molecule has 0 bridgehead atoms. The number of carbonyl (C=O) groups is 1. The Hall–Kier alpha value is -1.13. The maximum Gasteiger partial charge on any atom is 0.211 e. The summed E-state index contributed by atoms with van der Waals surface area (Å²) in [5.74, 6) is 0.497. The lowest BCUT2D eigenvalue weighted by molar-refractivity contribution is 0.0915. The minimum absolute atomic E-state index is 0.0468. The van der Waals surface area contributed by atoms with Crippen LogP contribution in [0.25, 0.3) is 0 Å². The van der Waals surface area contributed by atoms with Crippen molar-refractivity contribution in [2.45, 2.75) is 18.9 Å². The van der Waals surface area contributed by atoms with E-state index in [0.717, 1.165) is 13.1 Å². The van der Waals surface area contributed by atoms with Crippen molar-refractivity contribution in [3.8, 4) is 0 Å². The number of furan rings is 1. The zero-order valence-electron chi connectivity index (χ0n) is 9.61. The Labute approximate surface area is 95.6 Å². The molecule has 4 heteroatoms. The molecule has 0 unspecified atom stereocenters. The Morgan fingerprint density at radius 1 is 1.69 bits per heavy atom. The zero-order valence-corrected chi connectivity index (χ0v) is 9.61. The number of nitrogens with zero attached hydrogens (tertiary/aromatic N) is 1. The third-order valence-corrected chi connectivity index (χ3v) is 2.90. The van der Waals surface area contributed by atoms with E-state index in [2.05, 4.69) is 5.32 Å². The van der Waals surface area contributed by atoms with E-state index >= 15 is 0 Å². The quantitative estimate of drug-likeness (QED) is 0.759. The van der Waals surface area contributed by atoms with Crippen LogP contribution in [-0.2, 0) is 0 Å². The van der Waals surface area contributed by atoms with Crippen LogP contribution in [0.4, 0.5) is 0 Å². The second kappa shape index (κ2) is 5.27. The van der Waals surface area contributed by atoms with Gasteiger partial charge in [-0.25, -0.2) is 0 Å². The predicted molar refractivity (Wildman–Crippen MR) is 61.6 cm³/mol. The fourth-order valence-electron chi connectivity index (χ4n) is 2.11. The molecule has 1 saturated heterocycles. The molecule has 88 valence electrons. The van der Waals surface area contributed by atoms with E-state index in [-0.39, 0.29) is 5.78 Å². The molecule has 1 N–H and O–H groups in total. The van der Waals surface area contributed by atoms with Crippen molar-refractivity contribution in [1.29, 1.82) is 0 Å². The number of Topliss-reactive ketones (excluding diaryl/α,β-unsaturated/α-hetero) is 1. The third kappa shape index (κ3) is 2.93. The van der Waals surface area contributed by atoms with Crippen molar-refractivity contribution in [3.05, 3.63) is 24.2 Å². The van der Waals surface area contributed by atoms with Crippen molar-refractivity contribution < 1.29 is 9.21 Å². The van der Waals surface area contributed by atoms with Crippen LogP contribution in [-0.4, -0.2) is 43.4 Å². The van der Waals surface area contributed by atoms with Gasteiger partial charge in [0.1, 0.15) is 0 Å². The zero-order chi connectivity index (χ0) is 11.4. The number of nitrogens with one attached hydrogen (secondary N) is 1. The highest BCUT2D eigenvalue weighted by Crippen LogP contribution is 2.07. The van der Waals surface area contributed by atoms with Crippen LogP contribution in [0.3, 0.4) is 0 Å². The molecule has 0 saturated carbocycles. The lowest BCUT2D eigenvalue weighted by atomic mass is 10.2. The SMILES string of the molecule is CN(CC(=O)c1ccco1)C[C@@H]1CCCN1. The van der Waals surface area contributed by atoms with Crippen LogP contribution in [0, 0.1) is 0 Å². The fourth-order valence-corrected chi connectivity index (χ4v) is 2.11. The third-order valence-electron chi connectivity index (χ3n) is 2.90. The maximum absolute atomic E-state index is 11.7. The number of likely N-dealkylation sites (N-methyl/N-ethyl adjacent to an activating group) is 1. The standard InChI is InChI=1S/C12H18N2O2/c1-14(8-10-4-2-6-13-10)9-11(15)12-5-3-7-16-12/h3,5,7,10,13H,2,4,6,8-9H2,1H3/t10-/m0/s1. The highest BCUT2D eigenvalue weighted by Gasteiger charge is 2.18. The van der Waals surface area contributed by atoms with Gasteiger partial charge < -0.3 is 9.73 Å². The summed E-state index contributed by atoms with van der Waals surface area (Å²) in [6, 6.07) is 3.99. The molecule has 2 heterocycles. The molecule has 1 atom stereocenters. The summed E-state index contributed by atoms with van der Waals surface area (Å²) in [7, 11) is 1.97. The molecule has 1 aliphatic rings. The largest absolute Gasteiger partial charge is 0.461 e. The van der Waals surface area contributed by atoms with Crippen LogP contribution < -0.4 is 5.32 Å². The van der Waals surface area contributed by atoms with Gasteiger partial charge in [0.25, 0.3) is 0 Å². The van der Waals surface area contributed by atoms with Crippen LogP contribution in [0.1, 0.15) is 23.4 Å². The molecule has 0 amide bonds. The van der Waals surface area contributed by atoms with Crippen LogP contribution in [0.2, 0.25) is 0 Å². The van der Waals surface area contributed by atoms with E-state index in [1.165, 1.54) is 19.1 Å². The van der Waals surface area contributed by atoms with Crippen molar-refractivity contribution >= 4 is 5.78 Å². The first-order chi connectivity index (χ1) is 7.75. The van der Waals surface area contributed by atoms with Gasteiger partial charge in [-0.15, -0.1) is 0 Å². The average Bonchev–Trinajstić information content (AvgIpc) is 2.88. The summed E-state index contributed by atoms with van der Waals surface area (Å²) < 4.78 is 5.07. The van der Waals surface area contributed by atoms with Gasteiger partial charge >= 0.3 is 0 Å². The first-order valence-electron chi connectivity index (χ1n) is 5.74. The molecule has 1 aromatic rings. The number of rotatable bonds is 5. The van der Waals surface area contributed by atoms with Crippen molar-refractivity contribution in [1.82, 2.24) is 10.2 Å². The summed E-state index contributed by atoms with van der Waals surface area (Å²) >= 11 is 0. The predicted octanol–water partition coefficient (Wildman–Crippen LogP) is 1.15. The average molecular weight is 222 g/mol. The molecule has 16 heavy (non-hydrogen) atoms. The second-order valence-corrected chi connectivity index (χ2v) is 4.39. The van der Waals surface area contributed by atoms with Crippen LogP contribution in [0.15, 0.2) is 22.8 Å². The minimum atomic E-state index is 0.0468. The van der Waals surface area contributed by atoms with Gasteiger partial charge in [0.15, 0.2) is 5.76 Å². The van der Waals surface area contributed by atoms with E-state index < -0.39 is 0 Å². The van der Waals surface area contributed by atoms with Gasteiger partial charge in [-0.3, -0.25) is 9.69 Å². The Bertz CT molecular complexity index is 329. The summed E-state index contributed by atoms with van der Waals surface area (Å²) in [4.78, 5) is 13.8. The van der Waals surface area contributed by atoms with Crippen molar-refractivity contribution in [2.75, 3.05) is 26.7 Å². The van der Waals surface area contributed by atoms with Gasteiger partial charge in [0, 0.05) is 12.6 Å². The van der Waals surface area contributed by atoms with Crippen molar-refractivity contribution in [3.63, 3.8) is 0 Å². The fraction of sp³-hybridized carbons (Fsp3) is 0.583. The Balaban J connectivity index is 1.78. The number of ketones is 1. The highest BCUT2D eigenvalue weighted by atomic mass is 16.3. The second-order valence-electron chi connectivity index (χ2n) is 4.39. The normalized spacial score (nSPS) is 20.5. The summed E-state index contributed by atoms with van der Waals surface area (Å²) in [5, 5.41) is 3.42. The first-order valence-corrected chi connectivity index (χ1v) is 5.74. The highest BCUT2D eigenvalue weighted by molar-refractivity contribution is 5.94. The molecule has 1 aliphatic heterocycles. The molecule has 0 aromatic carbocycles. The summed E-state index contributed by atoms with van der Waals surface area (Å²) in [6.45, 7) is 2.45. The minimum Gasteiger partial charge on any atom is -0.461 e. The lowest BCUT2D eigenvalue weighted by Gasteiger charge is -2.19. The van der Waals surface area contributed by atoms with E-state index in [1.807, 2.05) is 11.9 Å². The molecule has 0 radical (unpaired) electrons. The lowest BCUT2D eigenvalue weighted by Crippen LogP contribution is -2.37. The molecule has 0 spiro atoms. The smallest absolute Gasteiger partial charge is 0.211 e. The van der Waals surface area contributed by atoms with E-state index in [0.29, 0.717) is 18.3 Å².